The van der Waals surface area contributed by atoms with Crippen LogP contribution in [0.1, 0.15) is 45.1 Å². The van der Waals surface area contributed by atoms with Gasteiger partial charge in [-0.2, -0.15) is 0 Å². The van der Waals surface area contributed by atoms with Gasteiger partial charge in [0.15, 0.2) is 11.9 Å². The van der Waals surface area contributed by atoms with Gasteiger partial charge in [-0.3, -0.25) is 25.2 Å². The van der Waals surface area contributed by atoms with Gasteiger partial charge >= 0.3 is 5.97 Å². The summed E-state index contributed by atoms with van der Waals surface area (Å²) >= 11 is 0. The number of hydrogen-bond acceptors (Lipinski definition) is 5. The number of esters is 1. The quantitative estimate of drug-likeness (QED) is 0.476. The van der Waals surface area contributed by atoms with Gasteiger partial charge in [-0.05, 0) is 32.0 Å². The molecule has 26 heavy (non-hydrogen) atoms. The van der Waals surface area contributed by atoms with Crippen molar-refractivity contribution in [3.8, 4) is 0 Å². The van der Waals surface area contributed by atoms with E-state index in [0.717, 1.165) is 0 Å². The van der Waals surface area contributed by atoms with E-state index in [2.05, 4.69) is 10.9 Å². The van der Waals surface area contributed by atoms with E-state index in [4.69, 9.17) is 4.74 Å². The minimum absolute atomic E-state index is 0.142. The predicted molar refractivity (Wildman–Crippen MR) is 92.3 cm³/mol. The maximum Gasteiger partial charge on any atom is 0.355 e. The minimum Gasteiger partial charge on any atom is -0.448 e. The van der Waals surface area contributed by atoms with E-state index in [1.807, 2.05) is 0 Å². The van der Waals surface area contributed by atoms with Crippen LogP contribution in [0.4, 0.5) is 0 Å². The number of aryl methyl sites for hydroxylation is 1. The molecule has 1 heterocycles. The molecule has 1 aromatic carbocycles. The number of ether oxygens (including phenoxy) is 1. The van der Waals surface area contributed by atoms with Gasteiger partial charge in [-0.1, -0.05) is 18.2 Å². The van der Waals surface area contributed by atoms with Gasteiger partial charge in [0.2, 0.25) is 0 Å². The summed E-state index contributed by atoms with van der Waals surface area (Å²) in [5.74, 6) is -2.12. The first-order chi connectivity index (χ1) is 12.3. The molecule has 1 aromatic heterocycles. The van der Waals surface area contributed by atoms with Gasteiger partial charge in [0.25, 0.3) is 11.8 Å². The normalized spacial score (nSPS) is 11.3. The Hall–Kier alpha value is -3.42. The van der Waals surface area contributed by atoms with E-state index in [1.165, 1.54) is 30.7 Å². The number of benzene rings is 1. The van der Waals surface area contributed by atoms with Crippen molar-refractivity contribution in [2.24, 2.45) is 7.05 Å². The van der Waals surface area contributed by atoms with Crippen molar-refractivity contribution < 1.29 is 23.9 Å². The van der Waals surface area contributed by atoms with Crippen LogP contribution in [0.3, 0.4) is 0 Å². The second-order valence-corrected chi connectivity index (χ2v) is 5.64. The van der Waals surface area contributed by atoms with Crippen molar-refractivity contribution in [1.82, 2.24) is 15.4 Å². The first-order valence-corrected chi connectivity index (χ1v) is 7.83. The van der Waals surface area contributed by atoms with Crippen molar-refractivity contribution in [3.05, 3.63) is 59.4 Å². The Labute approximate surface area is 150 Å². The zero-order chi connectivity index (χ0) is 19.3. The van der Waals surface area contributed by atoms with Crippen LogP contribution >= 0.6 is 0 Å². The molecule has 0 radical (unpaired) electrons. The van der Waals surface area contributed by atoms with E-state index in [9.17, 15) is 19.2 Å². The lowest BCUT2D eigenvalue weighted by molar-refractivity contribution is -0.129. The van der Waals surface area contributed by atoms with Crippen LogP contribution in [-0.2, 0) is 16.6 Å². The number of nitrogens with zero attached hydrogens (tertiary/aromatic N) is 1. The SMILES string of the molecule is CC(=O)c1cc(C(=O)O[C@H](C)C(=O)NNC(=O)c2ccccc2)n(C)c1. The largest absolute Gasteiger partial charge is 0.448 e. The summed E-state index contributed by atoms with van der Waals surface area (Å²) in [6.07, 6.45) is 0.360. The molecule has 0 aliphatic rings. The number of hydrogen-bond donors (Lipinski definition) is 2. The van der Waals surface area contributed by atoms with E-state index < -0.39 is 23.9 Å². The number of nitrogens with one attached hydrogen (secondary N) is 2. The van der Waals surface area contributed by atoms with Gasteiger partial charge in [-0.25, -0.2) is 4.79 Å². The van der Waals surface area contributed by atoms with Crippen LogP contribution in [0.15, 0.2) is 42.6 Å². The van der Waals surface area contributed by atoms with Crippen molar-refractivity contribution in [3.63, 3.8) is 0 Å². The number of amides is 2. The Morgan fingerprint density at radius 2 is 1.69 bits per heavy atom. The summed E-state index contributed by atoms with van der Waals surface area (Å²) < 4.78 is 6.52. The molecule has 0 saturated carbocycles. The lowest BCUT2D eigenvalue weighted by Gasteiger charge is -2.14. The molecular weight excluding hydrogens is 338 g/mol. The van der Waals surface area contributed by atoms with Gasteiger partial charge in [0.1, 0.15) is 5.69 Å². The fourth-order valence-corrected chi connectivity index (χ4v) is 2.12. The number of aromatic nitrogens is 1. The molecule has 2 amide bonds. The molecule has 2 N–H and O–H groups in total. The van der Waals surface area contributed by atoms with Crippen LogP contribution in [0, 0.1) is 0 Å². The zero-order valence-electron chi connectivity index (χ0n) is 14.6. The maximum absolute atomic E-state index is 12.2. The molecule has 0 spiro atoms. The molecule has 2 aromatic rings. The predicted octanol–water partition coefficient (Wildman–Crippen LogP) is 1.23. The smallest absolute Gasteiger partial charge is 0.355 e. The number of carbonyl (C=O) groups excluding carboxylic acids is 4. The Bertz CT molecular complexity index is 842. The number of Topliss-reactive ketones (excluding diaryl/α,β-unsaturated/α-hetero) is 1. The molecule has 0 aliphatic heterocycles. The molecule has 8 nitrogen and oxygen atoms in total. The van der Waals surface area contributed by atoms with E-state index >= 15 is 0 Å². The van der Waals surface area contributed by atoms with E-state index in [0.29, 0.717) is 11.1 Å². The molecular formula is C18H19N3O5. The highest BCUT2D eigenvalue weighted by molar-refractivity contribution is 5.99. The molecule has 0 saturated heterocycles. The highest BCUT2D eigenvalue weighted by atomic mass is 16.5. The Balaban J connectivity index is 1.91. The number of ketones is 1. The number of rotatable bonds is 5. The van der Waals surface area contributed by atoms with Crippen LogP contribution in [0.25, 0.3) is 0 Å². The first-order valence-electron chi connectivity index (χ1n) is 7.83. The third-order valence-corrected chi connectivity index (χ3v) is 3.61. The average Bonchev–Trinajstić information content (AvgIpc) is 3.02. The van der Waals surface area contributed by atoms with Crippen LogP contribution in [-0.4, -0.2) is 34.2 Å². The van der Waals surface area contributed by atoms with Crippen molar-refractivity contribution in [2.75, 3.05) is 0 Å². The van der Waals surface area contributed by atoms with Gasteiger partial charge in [-0.15, -0.1) is 0 Å². The summed E-state index contributed by atoms with van der Waals surface area (Å²) in [5.41, 5.74) is 5.32. The fourth-order valence-electron chi connectivity index (χ4n) is 2.12. The van der Waals surface area contributed by atoms with Gasteiger partial charge in [0, 0.05) is 24.4 Å². The number of carbonyl (C=O) groups is 4. The van der Waals surface area contributed by atoms with Crippen LogP contribution in [0.2, 0.25) is 0 Å². The third kappa shape index (κ3) is 4.56. The lowest BCUT2D eigenvalue weighted by atomic mass is 10.2. The number of hydrazine groups is 1. The Morgan fingerprint density at radius 1 is 1.04 bits per heavy atom. The van der Waals surface area contributed by atoms with E-state index in [-0.39, 0.29) is 11.5 Å². The van der Waals surface area contributed by atoms with Crippen LogP contribution in [0.5, 0.6) is 0 Å². The Kier molecular flexibility index (Phi) is 5.90. The molecule has 2 rings (SSSR count). The summed E-state index contributed by atoms with van der Waals surface area (Å²) in [6.45, 7) is 2.76. The maximum atomic E-state index is 12.2. The molecule has 0 aliphatic carbocycles. The summed E-state index contributed by atoms with van der Waals surface area (Å²) in [7, 11) is 1.59. The van der Waals surface area contributed by atoms with Gasteiger partial charge < -0.3 is 9.30 Å². The summed E-state index contributed by atoms with van der Waals surface area (Å²) in [5, 5.41) is 0. The second-order valence-electron chi connectivity index (χ2n) is 5.64. The zero-order valence-corrected chi connectivity index (χ0v) is 14.6. The Morgan fingerprint density at radius 3 is 2.27 bits per heavy atom. The molecule has 0 bridgehead atoms. The molecule has 136 valence electrons. The molecule has 1 atom stereocenters. The highest BCUT2D eigenvalue weighted by Crippen LogP contribution is 2.10. The lowest BCUT2D eigenvalue weighted by Crippen LogP contribution is -2.46. The standard InChI is InChI=1S/C18H19N3O5/c1-11(22)14-9-15(21(3)10-14)18(25)26-12(2)16(23)19-20-17(24)13-7-5-4-6-8-13/h4-10,12H,1-3H3,(H,19,23)(H,20,24)/t12-/m1/s1. The summed E-state index contributed by atoms with van der Waals surface area (Å²) in [4.78, 5) is 47.4. The first kappa shape index (κ1) is 18.9. The van der Waals surface area contributed by atoms with Crippen LogP contribution < -0.4 is 10.9 Å². The monoisotopic (exact) mass is 357 g/mol. The fraction of sp³-hybridized carbons (Fsp3) is 0.222. The van der Waals surface area contributed by atoms with Crippen molar-refractivity contribution in [2.45, 2.75) is 20.0 Å². The van der Waals surface area contributed by atoms with E-state index in [1.54, 1.807) is 37.4 Å². The van der Waals surface area contributed by atoms with Gasteiger partial charge in [0.05, 0.1) is 0 Å². The highest BCUT2D eigenvalue weighted by Gasteiger charge is 2.22. The minimum atomic E-state index is -1.14. The average molecular weight is 357 g/mol. The molecule has 8 heteroatoms. The molecule has 0 fully saturated rings. The topological polar surface area (TPSA) is 106 Å². The van der Waals surface area contributed by atoms with Crippen molar-refractivity contribution >= 4 is 23.6 Å². The summed E-state index contributed by atoms with van der Waals surface area (Å²) in [6, 6.07) is 9.72. The molecule has 0 unspecified atom stereocenters. The third-order valence-electron chi connectivity index (χ3n) is 3.61. The van der Waals surface area contributed by atoms with Crippen molar-refractivity contribution in [1.29, 1.82) is 0 Å². The second kappa shape index (κ2) is 8.11.